The van der Waals surface area contributed by atoms with Gasteiger partial charge in [-0.2, -0.15) is 5.10 Å². The number of aryl methyl sites for hydroxylation is 4. The summed E-state index contributed by atoms with van der Waals surface area (Å²) in [6, 6.07) is 11.1. The van der Waals surface area contributed by atoms with Crippen molar-refractivity contribution in [1.82, 2.24) is 19.2 Å². The molecule has 0 amide bonds. The summed E-state index contributed by atoms with van der Waals surface area (Å²) in [7, 11) is 4.28. The normalized spacial score (nSPS) is 11.7. The van der Waals surface area contributed by atoms with E-state index in [1.54, 1.807) is 0 Å². The number of fused-ring (bicyclic) bond motifs is 1. The quantitative estimate of drug-likeness (QED) is 0.696. The molecule has 0 saturated carbocycles. The van der Waals surface area contributed by atoms with Crippen LogP contribution in [-0.4, -0.2) is 32.8 Å². The molecule has 0 atom stereocenters. The molecule has 0 bridgehead atoms. The summed E-state index contributed by atoms with van der Waals surface area (Å²) < 4.78 is 4.27. The molecule has 0 spiro atoms. The Bertz CT molecular complexity index is 797. The molecule has 0 fully saturated rings. The maximum absolute atomic E-state index is 4.52. The van der Waals surface area contributed by atoms with Crippen molar-refractivity contribution >= 4 is 10.9 Å². The van der Waals surface area contributed by atoms with Crippen LogP contribution >= 0.6 is 0 Å². The van der Waals surface area contributed by atoms with Crippen LogP contribution in [0.2, 0.25) is 0 Å². The summed E-state index contributed by atoms with van der Waals surface area (Å²) >= 11 is 0. The highest BCUT2D eigenvalue weighted by molar-refractivity contribution is 5.80. The number of hydrogen-bond acceptors (Lipinski definition) is 2. The molecule has 0 unspecified atom stereocenters. The third-order valence-electron chi connectivity index (χ3n) is 4.42. The second-order valence-corrected chi connectivity index (χ2v) is 6.56. The molecule has 0 N–H and O–H groups in total. The molecule has 2 aromatic heterocycles. The lowest BCUT2D eigenvalue weighted by Gasteiger charge is -2.17. The lowest BCUT2D eigenvalue weighted by atomic mass is 10.1. The van der Waals surface area contributed by atoms with Gasteiger partial charge in [0.15, 0.2) is 0 Å². The fourth-order valence-corrected chi connectivity index (χ4v) is 3.21. The highest BCUT2D eigenvalue weighted by Gasteiger charge is 2.05. The van der Waals surface area contributed by atoms with Gasteiger partial charge in [-0.25, -0.2) is 0 Å². The van der Waals surface area contributed by atoms with Gasteiger partial charge in [-0.3, -0.25) is 4.68 Å². The molecule has 4 nitrogen and oxygen atoms in total. The van der Waals surface area contributed by atoms with E-state index in [1.807, 2.05) is 0 Å². The number of hydrogen-bond donors (Lipinski definition) is 0. The largest absolute Gasteiger partial charge is 0.351 e. The molecular formula is C19H26N4. The van der Waals surface area contributed by atoms with Gasteiger partial charge in [0.25, 0.3) is 0 Å². The first kappa shape index (κ1) is 15.8. The third kappa shape index (κ3) is 3.64. The van der Waals surface area contributed by atoms with Gasteiger partial charge in [0.05, 0.1) is 5.69 Å². The highest BCUT2D eigenvalue weighted by atomic mass is 15.3. The average molecular weight is 310 g/mol. The number of rotatable bonds is 6. The molecule has 3 rings (SSSR count). The topological polar surface area (TPSA) is 26.0 Å². The van der Waals surface area contributed by atoms with E-state index in [0.29, 0.717) is 0 Å². The fourth-order valence-electron chi connectivity index (χ4n) is 3.21. The Labute approximate surface area is 138 Å². The van der Waals surface area contributed by atoms with E-state index >= 15 is 0 Å². The molecule has 0 aliphatic heterocycles. The molecule has 2 heterocycles. The van der Waals surface area contributed by atoms with Crippen LogP contribution in [0.25, 0.3) is 10.9 Å². The molecule has 0 saturated heterocycles. The van der Waals surface area contributed by atoms with Crippen molar-refractivity contribution in [1.29, 1.82) is 0 Å². The van der Waals surface area contributed by atoms with Crippen molar-refractivity contribution in [2.75, 3.05) is 13.6 Å². The standard InChI is InChI=1S/C19H26N4/c1-15-12-16(2)23(20-15)10-5-9-21(3)14-17-6-7-19-18(13-17)8-11-22(19)4/h6-8,11-13H,5,9-10,14H2,1-4H3. The minimum Gasteiger partial charge on any atom is -0.351 e. The predicted molar refractivity (Wildman–Crippen MR) is 95.6 cm³/mol. The maximum Gasteiger partial charge on any atom is 0.0596 e. The minimum absolute atomic E-state index is 0.988. The average Bonchev–Trinajstić information content (AvgIpc) is 3.02. The maximum atomic E-state index is 4.52. The molecule has 23 heavy (non-hydrogen) atoms. The highest BCUT2D eigenvalue weighted by Crippen LogP contribution is 2.17. The fraction of sp³-hybridized carbons (Fsp3) is 0.421. The van der Waals surface area contributed by atoms with E-state index in [0.717, 1.165) is 31.7 Å². The van der Waals surface area contributed by atoms with Crippen LogP contribution in [0.5, 0.6) is 0 Å². The van der Waals surface area contributed by atoms with E-state index in [2.05, 4.69) is 83.7 Å². The second-order valence-electron chi connectivity index (χ2n) is 6.56. The van der Waals surface area contributed by atoms with E-state index in [-0.39, 0.29) is 0 Å². The van der Waals surface area contributed by atoms with Crippen LogP contribution in [0.1, 0.15) is 23.4 Å². The van der Waals surface area contributed by atoms with Crippen molar-refractivity contribution in [2.24, 2.45) is 7.05 Å². The molecule has 122 valence electrons. The van der Waals surface area contributed by atoms with Crippen molar-refractivity contribution in [3.63, 3.8) is 0 Å². The van der Waals surface area contributed by atoms with Gasteiger partial charge in [0.1, 0.15) is 0 Å². The molecule has 1 aromatic carbocycles. The lowest BCUT2D eigenvalue weighted by Crippen LogP contribution is -2.20. The van der Waals surface area contributed by atoms with Gasteiger partial charge in [0, 0.05) is 37.5 Å². The molecular weight excluding hydrogens is 284 g/mol. The molecule has 4 heteroatoms. The summed E-state index contributed by atoms with van der Waals surface area (Å²) in [5.41, 5.74) is 5.02. The van der Waals surface area contributed by atoms with Crippen LogP contribution in [-0.2, 0) is 20.1 Å². The smallest absolute Gasteiger partial charge is 0.0596 e. The second kappa shape index (κ2) is 6.59. The Balaban J connectivity index is 1.53. The van der Waals surface area contributed by atoms with E-state index < -0.39 is 0 Å². The first-order valence-corrected chi connectivity index (χ1v) is 8.26. The molecule has 3 aromatic rings. The predicted octanol–water partition coefficient (Wildman–Crippen LogP) is 3.51. The van der Waals surface area contributed by atoms with Crippen LogP contribution in [0.3, 0.4) is 0 Å². The van der Waals surface area contributed by atoms with Crippen LogP contribution in [0.15, 0.2) is 36.5 Å². The zero-order valence-electron chi connectivity index (χ0n) is 14.6. The minimum atomic E-state index is 0.988. The Kier molecular flexibility index (Phi) is 4.53. The van der Waals surface area contributed by atoms with Crippen LogP contribution in [0.4, 0.5) is 0 Å². The molecule has 0 aliphatic rings. The summed E-state index contributed by atoms with van der Waals surface area (Å²) in [6.45, 7) is 7.23. The van der Waals surface area contributed by atoms with Gasteiger partial charge in [-0.05, 0) is 69.1 Å². The van der Waals surface area contributed by atoms with E-state index in [4.69, 9.17) is 0 Å². The lowest BCUT2D eigenvalue weighted by molar-refractivity contribution is 0.311. The first-order valence-electron chi connectivity index (χ1n) is 8.26. The van der Waals surface area contributed by atoms with Crippen molar-refractivity contribution in [3.8, 4) is 0 Å². The van der Waals surface area contributed by atoms with Gasteiger partial charge in [-0.15, -0.1) is 0 Å². The number of nitrogens with zero attached hydrogens (tertiary/aromatic N) is 4. The van der Waals surface area contributed by atoms with Crippen molar-refractivity contribution < 1.29 is 0 Å². The van der Waals surface area contributed by atoms with Gasteiger partial charge >= 0.3 is 0 Å². The van der Waals surface area contributed by atoms with Crippen molar-refractivity contribution in [2.45, 2.75) is 33.4 Å². The van der Waals surface area contributed by atoms with Gasteiger partial charge in [0.2, 0.25) is 0 Å². The monoisotopic (exact) mass is 310 g/mol. The zero-order valence-corrected chi connectivity index (χ0v) is 14.6. The SMILES string of the molecule is Cc1cc(C)n(CCCN(C)Cc2ccc3c(ccn3C)c2)n1. The Morgan fingerprint density at radius 1 is 1.13 bits per heavy atom. The first-order chi connectivity index (χ1) is 11.0. The summed E-state index contributed by atoms with van der Waals surface area (Å²) in [5.74, 6) is 0. The van der Waals surface area contributed by atoms with Crippen molar-refractivity contribution in [3.05, 3.63) is 53.5 Å². The summed E-state index contributed by atoms with van der Waals surface area (Å²) in [4.78, 5) is 2.38. The molecule has 0 radical (unpaired) electrons. The van der Waals surface area contributed by atoms with Crippen LogP contribution in [0, 0.1) is 13.8 Å². The Morgan fingerprint density at radius 3 is 2.70 bits per heavy atom. The van der Waals surface area contributed by atoms with E-state index in [1.165, 1.54) is 22.2 Å². The Morgan fingerprint density at radius 2 is 1.96 bits per heavy atom. The molecule has 0 aliphatic carbocycles. The van der Waals surface area contributed by atoms with Gasteiger partial charge in [-0.1, -0.05) is 6.07 Å². The Hall–Kier alpha value is -2.07. The summed E-state index contributed by atoms with van der Waals surface area (Å²) in [5, 5.41) is 5.84. The number of benzene rings is 1. The third-order valence-corrected chi connectivity index (χ3v) is 4.42. The van der Waals surface area contributed by atoms with E-state index in [9.17, 15) is 0 Å². The van der Waals surface area contributed by atoms with Crippen LogP contribution < -0.4 is 0 Å². The number of aromatic nitrogens is 3. The zero-order chi connectivity index (χ0) is 16.4. The summed E-state index contributed by atoms with van der Waals surface area (Å²) in [6.07, 6.45) is 3.23. The van der Waals surface area contributed by atoms with Gasteiger partial charge < -0.3 is 9.47 Å².